The molecule has 0 fully saturated rings. The van der Waals surface area contributed by atoms with Gasteiger partial charge in [-0.25, -0.2) is 0 Å². The molecule has 1 amide bonds. The third-order valence-corrected chi connectivity index (χ3v) is 3.55. The molecule has 2 aromatic rings. The Morgan fingerprint density at radius 2 is 1.83 bits per heavy atom. The van der Waals surface area contributed by atoms with Crippen LogP contribution in [0.15, 0.2) is 36.4 Å². The van der Waals surface area contributed by atoms with Crippen molar-refractivity contribution in [1.29, 1.82) is 0 Å². The van der Waals surface area contributed by atoms with Crippen molar-refractivity contribution < 1.29 is 14.5 Å². The quantitative estimate of drug-likeness (QED) is 0.613. The zero-order valence-electron chi connectivity index (χ0n) is 11.4. The van der Waals surface area contributed by atoms with Gasteiger partial charge in [-0.3, -0.25) is 14.9 Å². The number of ether oxygens (including phenoxy) is 1. The lowest BCUT2D eigenvalue weighted by atomic mass is 10.3. The Morgan fingerprint density at radius 3 is 2.52 bits per heavy atom. The highest BCUT2D eigenvalue weighted by Gasteiger charge is 2.14. The second-order valence-corrected chi connectivity index (χ2v) is 5.59. The van der Waals surface area contributed by atoms with Crippen LogP contribution >= 0.6 is 34.8 Å². The fraction of sp³-hybridized carbons (Fsp3) is 0.0714. The smallest absolute Gasteiger partial charge is 0.289 e. The van der Waals surface area contributed by atoms with E-state index in [4.69, 9.17) is 39.5 Å². The van der Waals surface area contributed by atoms with Crippen LogP contribution in [0.3, 0.4) is 0 Å². The molecule has 0 spiro atoms. The van der Waals surface area contributed by atoms with Gasteiger partial charge in [0.2, 0.25) is 0 Å². The van der Waals surface area contributed by atoms with E-state index in [1.807, 2.05) is 0 Å². The molecule has 0 aromatic heterocycles. The molecule has 9 heteroatoms. The van der Waals surface area contributed by atoms with Gasteiger partial charge < -0.3 is 10.1 Å². The van der Waals surface area contributed by atoms with E-state index in [0.717, 1.165) is 6.07 Å². The summed E-state index contributed by atoms with van der Waals surface area (Å²) in [6, 6.07) is 8.53. The average Bonchev–Trinajstić information content (AvgIpc) is 2.50. The SMILES string of the molecule is O=C(COc1cc(Cl)ccc1Cl)Nc1ccc(Cl)c([N+](=O)[O-])c1. The molecule has 1 N–H and O–H groups in total. The predicted molar refractivity (Wildman–Crippen MR) is 88.7 cm³/mol. The summed E-state index contributed by atoms with van der Waals surface area (Å²) in [5.41, 5.74) is -0.0739. The average molecular weight is 376 g/mol. The van der Waals surface area contributed by atoms with E-state index in [0.29, 0.717) is 10.0 Å². The van der Waals surface area contributed by atoms with Crippen molar-refractivity contribution in [1.82, 2.24) is 0 Å². The number of hydrogen-bond acceptors (Lipinski definition) is 4. The first kappa shape index (κ1) is 17.3. The van der Waals surface area contributed by atoms with Gasteiger partial charge in [0, 0.05) is 22.8 Å². The Balaban J connectivity index is 2.01. The number of halogens is 3. The van der Waals surface area contributed by atoms with Crippen LogP contribution < -0.4 is 10.1 Å². The lowest BCUT2D eigenvalue weighted by molar-refractivity contribution is -0.384. The van der Waals surface area contributed by atoms with Crippen molar-refractivity contribution in [2.45, 2.75) is 0 Å². The number of amides is 1. The molecular weight excluding hydrogens is 367 g/mol. The monoisotopic (exact) mass is 374 g/mol. The van der Waals surface area contributed by atoms with Gasteiger partial charge in [0.15, 0.2) is 6.61 Å². The Kier molecular flexibility index (Phi) is 5.65. The van der Waals surface area contributed by atoms with Gasteiger partial charge in [-0.15, -0.1) is 0 Å². The van der Waals surface area contributed by atoms with E-state index < -0.39 is 10.8 Å². The summed E-state index contributed by atoms with van der Waals surface area (Å²) in [6.45, 7) is -0.337. The number of anilines is 1. The normalized spacial score (nSPS) is 10.2. The summed E-state index contributed by atoms with van der Waals surface area (Å²) in [5, 5.41) is 14.0. The van der Waals surface area contributed by atoms with Gasteiger partial charge in [-0.2, -0.15) is 0 Å². The number of nitro groups is 1. The molecule has 0 saturated carbocycles. The molecular formula is C14H9Cl3N2O4. The van der Waals surface area contributed by atoms with Crippen molar-refractivity contribution in [2.75, 3.05) is 11.9 Å². The topological polar surface area (TPSA) is 81.5 Å². The Morgan fingerprint density at radius 1 is 1.13 bits per heavy atom. The standard InChI is InChI=1S/C14H9Cl3N2O4/c15-8-1-3-11(17)13(5-8)23-7-14(20)18-9-2-4-10(16)12(6-9)19(21)22/h1-6H,7H2,(H,18,20). The molecule has 6 nitrogen and oxygen atoms in total. The van der Waals surface area contributed by atoms with Crippen LogP contribution in [0.1, 0.15) is 0 Å². The van der Waals surface area contributed by atoms with E-state index in [1.54, 1.807) is 12.1 Å². The highest BCUT2D eigenvalue weighted by molar-refractivity contribution is 6.34. The van der Waals surface area contributed by atoms with Gasteiger partial charge in [0.05, 0.1) is 9.95 Å². The number of hydrogen-bond donors (Lipinski definition) is 1. The highest BCUT2D eigenvalue weighted by Crippen LogP contribution is 2.28. The molecule has 0 aliphatic rings. The minimum atomic E-state index is -0.639. The van der Waals surface area contributed by atoms with Gasteiger partial charge in [0.25, 0.3) is 11.6 Å². The lowest BCUT2D eigenvalue weighted by Crippen LogP contribution is -2.20. The molecule has 0 aliphatic heterocycles. The lowest BCUT2D eigenvalue weighted by Gasteiger charge is -2.09. The third-order valence-electron chi connectivity index (χ3n) is 2.68. The molecule has 2 rings (SSSR count). The fourth-order valence-corrected chi connectivity index (χ4v) is 2.18. The number of nitrogens with zero attached hydrogens (tertiary/aromatic N) is 1. The number of nitro benzene ring substituents is 1. The summed E-state index contributed by atoms with van der Waals surface area (Å²) < 4.78 is 5.26. The fourth-order valence-electron chi connectivity index (χ4n) is 1.66. The van der Waals surface area contributed by atoms with Crippen LogP contribution in [0, 0.1) is 10.1 Å². The van der Waals surface area contributed by atoms with Gasteiger partial charge in [0.1, 0.15) is 10.8 Å². The summed E-state index contributed by atoms with van der Waals surface area (Å²) in [6.07, 6.45) is 0. The van der Waals surface area contributed by atoms with Crippen molar-refractivity contribution >= 4 is 52.1 Å². The number of benzene rings is 2. The van der Waals surface area contributed by atoms with Crippen LogP contribution in [0.5, 0.6) is 5.75 Å². The zero-order valence-corrected chi connectivity index (χ0v) is 13.7. The zero-order chi connectivity index (χ0) is 17.0. The first-order valence-electron chi connectivity index (χ1n) is 6.18. The number of nitrogens with one attached hydrogen (secondary N) is 1. The summed E-state index contributed by atoms with van der Waals surface area (Å²) in [4.78, 5) is 22.0. The number of carbonyl (C=O) groups excluding carboxylic acids is 1. The highest BCUT2D eigenvalue weighted by atomic mass is 35.5. The molecule has 23 heavy (non-hydrogen) atoms. The molecule has 0 bridgehead atoms. The third kappa shape index (κ3) is 4.72. The van der Waals surface area contributed by atoms with Crippen LogP contribution in [0.25, 0.3) is 0 Å². The molecule has 0 heterocycles. The molecule has 0 atom stereocenters. The second kappa shape index (κ2) is 7.50. The maximum Gasteiger partial charge on any atom is 0.289 e. The Bertz CT molecular complexity index is 768. The van der Waals surface area contributed by atoms with Gasteiger partial charge in [-0.1, -0.05) is 34.8 Å². The van der Waals surface area contributed by atoms with E-state index in [9.17, 15) is 14.9 Å². The number of carbonyl (C=O) groups is 1. The summed E-state index contributed by atoms with van der Waals surface area (Å²) in [7, 11) is 0. The molecule has 120 valence electrons. The van der Waals surface area contributed by atoms with E-state index in [-0.39, 0.29) is 28.8 Å². The first-order chi connectivity index (χ1) is 10.9. The van der Waals surface area contributed by atoms with Crippen LogP contribution in [0.2, 0.25) is 15.1 Å². The van der Waals surface area contributed by atoms with Crippen molar-refractivity contribution in [3.8, 4) is 5.75 Å². The molecule has 2 aromatic carbocycles. The predicted octanol–water partition coefficient (Wildman–Crippen LogP) is 4.57. The Hall–Kier alpha value is -2.02. The van der Waals surface area contributed by atoms with Crippen molar-refractivity contribution in [2.24, 2.45) is 0 Å². The van der Waals surface area contributed by atoms with E-state index >= 15 is 0 Å². The van der Waals surface area contributed by atoms with Crippen molar-refractivity contribution in [3.63, 3.8) is 0 Å². The first-order valence-corrected chi connectivity index (χ1v) is 7.32. The molecule has 0 saturated heterocycles. The Labute approximate surface area is 146 Å². The van der Waals surface area contributed by atoms with Crippen LogP contribution in [0.4, 0.5) is 11.4 Å². The van der Waals surface area contributed by atoms with Gasteiger partial charge in [-0.05, 0) is 24.3 Å². The maximum atomic E-state index is 11.8. The molecule has 0 unspecified atom stereocenters. The largest absolute Gasteiger partial charge is 0.482 e. The number of rotatable bonds is 5. The van der Waals surface area contributed by atoms with Gasteiger partial charge >= 0.3 is 0 Å². The summed E-state index contributed by atoms with van der Waals surface area (Å²) >= 11 is 17.4. The van der Waals surface area contributed by atoms with E-state index in [1.165, 1.54) is 18.2 Å². The second-order valence-electron chi connectivity index (χ2n) is 4.33. The minimum absolute atomic E-state index is 0.0186. The van der Waals surface area contributed by atoms with Crippen molar-refractivity contribution in [3.05, 3.63) is 61.6 Å². The minimum Gasteiger partial charge on any atom is -0.482 e. The summed E-state index contributed by atoms with van der Waals surface area (Å²) in [5.74, 6) is -0.255. The maximum absolute atomic E-state index is 11.8. The van der Waals surface area contributed by atoms with Crippen LogP contribution in [-0.2, 0) is 4.79 Å². The molecule has 0 aliphatic carbocycles. The van der Waals surface area contributed by atoms with Crippen LogP contribution in [-0.4, -0.2) is 17.4 Å². The van der Waals surface area contributed by atoms with E-state index in [2.05, 4.69) is 5.32 Å². The molecule has 0 radical (unpaired) electrons.